The van der Waals surface area contributed by atoms with Gasteiger partial charge in [0.15, 0.2) is 0 Å². The fourth-order valence-electron chi connectivity index (χ4n) is 1.10. The van der Waals surface area contributed by atoms with Gasteiger partial charge in [0.05, 0.1) is 6.61 Å². The van der Waals surface area contributed by atoms with Crippen molar-refractivity contribution in [1.82, 2.24) is 0 Å². The Hall–Kier alpha value is -0.271. The van der Waals surface area contributed by atoms with Crippen molar-refractivity contribution in [1.29, 1.82) is 0 Å². The van der Waals surface area contributed by atoms with Gasteiger partial charge in [0.2, 0.25) is 0 Å². The minimum absolute atomic E-state index is 0. The fourth-order valence-corrected chi connectivity index (χ4v) is 1.10. The van der Waals surface area contributed by atoms with Crippen LogP contribution in [0.1, 0.15) is 6.92 Å². The van der Waals surface area contributed by atoms with Crippen molar-refractivity contribution < 1.29 is 26.6 Å². The molecule has 10 radical (unpaired) electrons. The van der Waals surface area contributed by atoms with Gasteiger partial charge in [-0.05, 0) is 64.7 Å². The van der Waals surface area contributed by atoms with Crippen LogP contribution in [-0.2, 0) is 26.6 Å². The number of esters is 1. The van der Waals surface area contributed by atoms with Crippen LogP contribution in [0.5, 0.6) is 0 Å². The number of carbonyl (C=O) groups is 1. The number of hydrogen-bond acceptors (Lipinski definition) is 2. The molecule has 18 heavy (non-hydrogen) atoms. The van der Waals surface area contributed by atoms with E-state index in [0.717, 1.165) is 5.92 Å². The van der Waals surface area contributed by atoms with Gasteiger partial charge in [0.1, 0.15) is 0 Å². The molecule has 96 valence electrons. The molecule has 0 spiro atoms. The summed E-state index contributed by atoms with van der Waals surface area (Å²) in [5.41, 5.74) is 0.432. The molecule has 0 heterocycles. The van der Waals surface area contributed by atoms with Gasteiger partial charge in [0.25, 0.3) is 0 Å². The predicted octanol–water partition coefficient (Wildman–Crippen LogP) is 2.53. The average molecular weight is 284 g/mol. The van der Waals surface area contributed by atoms with Crippen LogP contribution in [0.4, 0.5) is 0 Å². The molecule has 3 heteroatoms. The molecule has 0 aromatic carbocycles. The maximum Gasteiger partial charge on any atom is 0.333 e. The zero-order valence-electron chi connectivity index (χ0n) is 10.3. The van der Waals surface area contributed by atoms with E-state index in [4.69, 9.17) is 4.74 Å². The van der Waals surface area contributed by atoms with Gasteiger partial charge >= 0.3 is 5.97 Å². The van der Waals surface area contributed by atoms with Crippen LogP contribution in [-0.4, -0.2) is 12.6 Å². The first-order chi connectivity index (χ1) is 8.20. The third-order valence-corrected chi connectivity index (χ3v) is 2.01. The van der Waals surface area contributed by atoms with Gasteiger partial charge in [-0.3, -0.25) is 0 Å². The molecule has 2 nitrogen and oxygen atoms in total. The molecule has 0 bridgehead atoms. The molecule has 0 aromatic rings. The Morgan fingerprint density at radius 1 is 1.06 bits per heavy atom. The second-order valence-corrected chi connectivity index (χ2v) is 3.61. The Morgan fingerprint density at radius 2 is 1.50 bits per heavy atom. The van der Waals surface area contributed by atoms with Crippen molar-refractivity contribution in [3.63, 3.8) is 0 Å². The summed E-state index contributed by atoms with van der Waals surface area (Å²) in [4.78, 5) is 10.9. The Balaban J connectivity index is 0.000000405. The maximum absolute atomic E-state index is 10.9. The first kappa shape index (κ1) is 17.7. The van der Waals surface area contributed by atoms with Crippen LogP contribution >= 0.6 is 0 Å². The van der Waals surface area contributed by atoms with Crippen LogP contribution in [0, 0.1) is 63.7 Å². The molecule has 0 unspecified atom stereocenters. The predicted molar refractivity (Wildman–Crippen MR) is 67.7 cm³/mol. The van der Waals surface area contributed by atoms with E-state index in [0.29, 0.717) is 12.2 Å². The summed E-state index contributed by atoms with van der Waals surface area (Å²) in [7, 11) is 0. The first-order valence-electron chi connectivity index (χ1n) is 5.40. The standard InChI is InChI=1S/C10H11O2.C5H5.Fe/c1-8(2)10(11)12-7-9-5-3-4-6-9;1-2-4-5-3-1;/h3-6H,1,7H2,2H3;1-5H;. The molecule has 2 aliphatic rings. The largest absolute Gasteiger partial charge is 0.462 e. The summed E-state index contributed by atoms with van der Waals surface area (Å²) in [6.07, 6.45) is 17.6. The van der Waals surface area contributed by atoms with E-state index in [1.807, 2.05) is 57.8 Å². The number of ether oxygens (including phenoxy) is 1. The van der Waals surface area contributed by atoms with E-state index >= 15 is 0 Å². The second-order valence-electron chi connectivity index (χ2n) is 3.61. The summed E-state index contributed by atoms with van der Waals surface area (Å²) in [5.74, 6) is 0.667. The van der Waals surface area contributed by atoms with Crippen molar-refractivity contribution in [3.05, 3.63) is 75.9 Å². The smallest absolute Gasteiger partial charge is 0.333 e. The molecule has 2 rings (SSSR count). The van der Waals surface area contributed by atoms with E-state index in [2.05, 4.69) is 6.58 Å². The fraction of sp³-hybridized carbons (Fsp3) is 0.133. The van der Waals surface area contributed by atoms with Crippen LogP contribution < -0.4 is 0 Å². The molecule has 0 saturated heterocycles. The normalized spacial score (nSPS) is 18.5. The molecule has 2 saturated carbocycles. The Labute approximate surface area is 122 Å². The average Bonchev–Trinajstić information content (AvgIpc) is 3.00. The Morgan fingerprint density at radius 3 is 1.89 bits per heavy atom. The van der Waals surface area contributed by atoms with Gasteiger partial charge in [-0.15, -0.1) is 0 Å². The van der Waals surface area contributed by atoms with Gasteiger partial charge in [-0.2, -0.15) is 0 Å². The van der Waals surface area contributed by atoms with E-state index in [9.17, 15) is 4.79 Å². The zero-order chi connectivity index (χ0) is 12.5. The molecule has 0 aromatic heterocycles. The Kier molecular flexibility index (Phi) is 10.5. The molecule has 0 aliphatic heterocycles. The number of carbonyl (C=O) groups excluding carboxylic acids is 1. The number of hydrogen-bond donors (Lipinski definition) is 0. The van der Waals surface area contributed by atoms with E-state index in [1.165, 1.54) is 0 Å². The van der Waals surface area contributed by atoms with Crippen LogP contribution in [0.3, 0.4) is 0 Å². The topological polar surface area (TPSA) is 26.3 Å². The quantitative estimate of drug-likeness (QED) is 0.452. The summed E-state index contributed by atoms with van der Waals surface area (Å²) >= 11 is 0. The van der Waals surface area contributed by atoms with E-state index in [1.54, 1.807) is 6.92 Å². The zero-order valence-corrected chi connectivity index (χ0v) is 11.4. The van der Waals surface area contributed by atoms with Crippen molar-refractivity contribution in [2.24, 2.45) is 0 Å². The van der Waals surface area contributed by atoms with E-state index in [-0.39, 0.29) is 23.0 Å². The maximum atomic E-state index is 10.9. The summed E-state index contributed by atoms with van der Waals surface area (Å²) in [6, 6.07) is 0. The number of rotatable bonds is 3. The second kappa shape index (κ2) is 10.6. The van der Waals surface area contributed by atoms with Gasteiger partial charge < -0.3 is 4.74 Å². The molecule has 0 atom stereocenters. The molecule has 0 amide bonds. The Bertz CT molecular complexity index is 233. The van der Waals surface area contributed by atoms with E-state index < -0.39 is 0 Å². The third-order valence-electron chi connectivity index (χ3n) is 2.01. The van der Waals surface area contributed by atoms with Crippen LogP contribution in [0.2, 0.25) is 0 Å². The van der Waals surface area contributed by atoms with Gasteiger partial charge in [-0.25, -0.2) is 4.79 Å². The SMILES string of the molecule is C=C(C)C(=O)OC[C]1[CH][CH][CH][CH]1.[CH]1[CH][CH][CH][CH]1.[Fe]. The van der Waals surface area contributed by atoms with Crippen molar-refractivity contribution in [3.8, 4) is 0 Å². The van der Waals surface area contributed by atoms with Gasteiger partial charge in [-0.1, -0.05) is 6.58 Å². The van der Waals surface area contributed by atoms with Gasteiger partial charge in [0, 0.05) is 28.6 Å². The summed E-state index contributed by atoms with van der Waals surface area (Å²) in [5, 5.41) is 0. The molecular weight excluding hydrogens is 268 g/mol. The monoisotopic (exact) mass is 284 g/mol. The molecule has 2 fully saturated rings. The molecule has 0 N–H and O–H groups in total. The van der Waals surface area contributed by atoms with Crippen LogP contribution in [0.15, 0.2) is 12.2 Å². The first-order valence-corrected chi connectivity index (χ1v) is 5.40. The minimum Gasteiger partial charge on any atom is -0.462 e. The third kappa shape index (κ3) is 7.94. The summed E-state index contributed by atoms with van der Waals surface area (Å²) < 4.78 is 4.91. The van der Waals surface area contributed by atoms with Crippen molar-refractivity contribution in [2.45, 2.75) is 6.92 Å². The van der Waals surface area contributed by atoms with Crippen molar-refractivity contribution in [2.75, 3.05) is 6.61 Å². The molecular formula is C15H16FeO2. The van der Waals surface area contributed by atoms with Crippen LogP contribution in [0.25, 0.3) is 0 Å². The molecule has 2 aliphatic carbocycles. The van der Waals surface area contributed by atoms with Crippen molar-refractivity contribution >= 4 is 5.97 Å². The minimum atomic E-state index is -0.337. The summed E-state index contributed by atoms with van der Waals surface area (Å²) in [6.45, 7) is 5.44.